The van der Waals surface area contributed by atoms with E-state index in [9.17, 15) is 9.18 Å². The highest BCUT2D eigenvalue weighted by Crippen LogP contribution is 2.33. The van der Waals surface area contributed by atoms with Crippen LogP contribution in [-0.2, 0) is 0 Å². The minimum absolute atomic E-state index is 0.249. The first-order valence-electron chi connectivity index (χ1n) is 4.25. The highest BCUT2D eigenvalue weighted by atomic mass is 32.2. The lowest BCUT2D eigenvalue weighted by molar-refractivity contribution is 0.112. The molecule has 0 aliphatic carbocycles. The van der Waals surface area contributed by atoms with Crippen LogP contribution in [0.5, 0.6) is 0 Å². The summed E-state index contributed by atoms with van der Waals surface area (Å²) in [6.07, 6.45) is 0.836. The average Bonchev–Trinajstić information content (AvgIpc) is 2.69. The topological polar surface area (TPSA) is 17.1 Å². The minimum atomic E-state index is -0.249. The van der Waals surface area contributed by atoms with Crippen molar-refractivity contribution in [2.24, 2.45) is 0 Å². The predicted molar refractivity (Wildman–Crippen MR) is 60.2 cm³/mol. The quantitative estimate of drug-likeness (QED) is 0.755. The average molecular weight is 238 g/mol. The lowest BCUT2D eigenvalue weighted by Crippen LogP contribution is -1.77. The number of hydrogen-bond acceptors (Lipinski definition) is 3. The standard InChI is InChI=1S/C11H7FOS2/c12-9-1-3-10(4-2-9)15-11-8(7-13)5-6-14-11/h1-7H. The molecule has 1 aromatic heterocycles. The first kappa shape index (κ1) is 10.4. The van der Waals surface area contributed by atoms with Crippen LogP contribution in [0, 0.1) is 5.82 Å². The third kappa shape index (κ3) is 2.46. The van der Waals surface area contributed by atoms with Crippen LogP contribution in [0.1, 0.15) is 10.4 Å². The van der Waals surface area contributed by atoms with Gasteiger partial charge in [-0.1, -0.05) is 11.8 Å². The first-order valence-corrected chi connectivity index (χ1v) is 5.95. The molecule has 0 fully saturated rings. The lowest BCUT2D eigenvalue weighted by Gasteiger charge is -1.98. The van der Waals surface area contributed by atoms with E-state index < -0.39 is 0 Å². The summed E-state index contributed by atoms with van der Waals surface area (Å²) in [6.45, 7) is 0. The molecule has 1 nitrogen and oxygen atoms in total. The van der Waals surface area contributed by atoms with Crippen LogP contribution in [0.3, 0.4) is 0 Å². The van der Waals surface area contributed by atoms with Crippen LogP contribution in [0.2, 0.25) is 0 Å². The van der Waals surface area contributed by atoms with Crippen molar-refractivity contribution in [2.75, 3.05) is 0 Å². The van der Waals surface area contributed by atoms with Gasteiger partial charge in [0.1, 0.15) is 5.82 Å². The maximum atomic E-state index is 12.6. The molecule has 0 aliphatic rings. The van der Waals surface area contributed by atoms with Crippen LogP contribution in [0.25, 0.3) is 0 Å². The Kier molecular flexibility index (Phi) is 3.18. The van der Waals surface area contributed by atoms with E-state index in [-0.39, 0.29) is 5.82 Å². The number of rotatable bonds is 3. The Bertz CT molecular complexity index is 462. The number of hydrogen-bond donors (Lipinski definition) is 0. The number of thiophene rings is 1. The van der Waals surface area contributed by atoms with Crippen LogP contribution < -0.4 is 0 Å². The molecular weight excluding hydrogens is 231 g/mol. The summed E-state index contributed by atoms with van der Waals surface area (Å²) in [6, 6.07) is 8.01. The SMILES string of the molecule is O=Cc1ccsc1Sc1ccc(F)cc1. The molecule has 0 radical (unpaired) electrons. The molecule has 76 valence electrons. The highest BCUT2D eigenvalue weighted by Gasteiger charge is 2.05. The fourth-order valence-corrected chi connectivity index (χ4v) is 3.04. The van der Waals surface area contributed by atoms with E-state index in [0.717, 1.165) is 15.4 Å². The Morgan fingerprint density at radius 3 is 2.60 bits per heavy atom. The zero-order valence-corrected chi connectivity index (χ0v) is 9.28. The van der Waals surface area contributed by atoms with Gasteiger partial charge in [-0.25, -0.2) is 4.39 Å². The second kappa shape index (κ2) is 4.59. The molecule has 2 aromatic rings. The second-order valence-electron chi connectivity index (χ2n) is 2.84. The monoisotopic (exact) mass is 238 g/mol. The second-order valence-corrected chi connectivity index (χ2v) is 5.10. The van der Waals surface area contributed by atoms with Crippen LogP contribution in [0.15, 0.2) is 44.8 Å². The van der Waals surface area contributed by atoms with Crippen molar-refractivity contribution >= 4 is 29.4 Å². The van der Waals surface area contributed by atoms with E-state index in [1.807, 2.05) is 5.38 Å². The van der Waals surface area contributed by atoms with Gasteiger partial charge < -0.3 is 0 Å². The van der Waals surface area contributed by atoms with E-state index in [0.29, 0.717) is 5.56 Å². The van der Waals surface area contributed by atoms with Crippen molar-refractivity contribution < 1.29 is 9.18 Å². The highest BCUT2D eigenvalue weighted by molar-refractivity contribution is 8.01. The van der Waals surface area contributed by atoms with Gasteiger partial charge in [0, 0.05) is 10.5 Å². The molecule has 0 saturated carbocycles. The largest absolute Gasteiger partial charge is 0.298 e. The molecule has 2 rings (SSSR count). The van der Waals surface area contributed by atoms with Gasteiger partial charge in [-0.05, 0) is 35.7 Å². The maximum absolute atomic E-state index is 12.6. The van der Waals surface area contributed by atoms with Gasteiger partial charge in [-0.3, -0.25) is 4.79 Å². The Labute approximate surface area is 94.9 Å². The molecule has 0 spiro atoms. The predicted octanol–water partition coefficient (Wildman–Crippen LogP) is 3.85. The summed E-state index contributed by atoms with van der Waals surface area (Å²) in [5.74, 6) is -0.249. The Morgan fingerprint density at radius 2 is 1.93 bits per heavy atom. The van der Waals surface area contributed by atoms with Gasteiger partial charge in [0.25, 0.3) is 0 Å². The third-order valence-corrected chi connectivity index (χ3v) is 4.00. The summed E-state index contributed by atoms with van der Waals surface area (Å²) < 4.78 is 13.6. The van der Waals surface area contributed by atoms with Gasteiger partial charge in [0.2, 0.25) is 0 Å². The molecule has 0 bridgehead atoms. The Hall–Kier alpha value is -1.13. The number of carbonyl (C=O) groups excluding carboxylic acids is 1. The molecule has 4 heteroatoms. The number of halogens is 1. The Balaban J connectivity index is 2.21. The van der Waals surface area contributed by atoms with Gasteiger partial charge >= 0.3 is 0 Å². The Morgan fingerprint density at radius 1 is 1.20 bits per heavy atom. The van der Waals surface area contributed by atoms with Gasteiger partial charge in [-0.2, -0.15) is 0 Å². The van der Waals surface area contributed by atoms with E-state index in [1.54, 1.807) is 18.2 Å². The lowest BCUT2D eigenvalue weighted by atomic mass is 10.3. The molecule has 0 aliphatic heterocycles. The summed E-state index contributed by atoms with van der Waals surface area (Å²) in [5.41, 5.74) is 0.689. The summed E-state index contributed by atoms with van der Waals surface area (Å²) >= 11 is 2.99. The maximum Gasteiger partial charge on any atom is 0.152 e. The van der Waals surface area contributed by atoms with Gasteiger partial charge in [-0.15, -0.1) is 11.3 Å². The van der Waals surface area contributed by atoms with E-state index in [4.69, 9.17) is 0 Å². The number of benzene rings is 1. The molecule has 0 N–H and O–H groups in total. The third-order valence-electron chi connectivity index (χ3n) is 1.81. The first-order chi connectivity index (χ1) is 7.29. The molecule has 0 saturated heterocycles. The summed E-state index contributed by atoms with van der Waals surface area (Å²) in [7, 11) is 0. The summed E-state index contributed by atoms with van der Waals surface area (Å²) in [4.78, 5) is 11.6. The van der Waals surface area contributed by atoms with Crippen LogP contribution in [-0.4, -0.2) is 6.29 Å². The molecule has 0 amide bonds. The van der Waals surface area contributed by atoms with E-state index in [2.05, 4.69) is 0 Å². The zero-order valence-electron chi connectivity index (χ0n) is 7.64. The molecule has 0 unspecified atom stereocenters. The smallest absolute Gasteiger partial charge is 0.152 e. The molecule has 0 atom stereocenters. The van der Waals surface area contributed by atoms with Crippen molar-refractivity contribution in [1.82, 2.24) is 0 Å². The molecule has 1 aromatic carbocycles. The summed E-state index contributed by atoms with van der Waals surface area (Å²) in [5, 5.41) is 1.87. The van der Waals surface area contributed by atoms with Crippen molar-refractivity contribution in [2.45, 2.75) is 9.10 Å². The van der Waals surface area contributed by atoms with Gasteiger partial charge in [0.15, 0.2) is 6.29 Å². The van der Waals surface area contributed by atoms with Crippen molar-refractivity contribution in [1.29, 1.82) is 0 Å². The molecule has 1 heterocycles. The van der Waals surface area contributed by atoms with Gasteiger partial charge in [0.05, 0.1) is 4.21 Å². The number of aldehydes is 1. The van der Waals surface area contributed by atoms with Crippen molar-refractivity contribution in [3.63, 3.8) is 0 Å². The van der Waals surface area contributed by atoms with Crippen LogP contribution in [0.4, 0.5) is 4.39 Å². The molecular formula is C11H7FOS2. The van der Waals surface area contributed by atoms with Crippen LogP contribution >= 0.6 is 23.1 Å². The molecule has 15 heavy (non-hydrogen) atoms. The van der Waals surface area contributed by atoms with E-state index in [1.165, 1.54) is 35.2 Å². The fourth-order valence-electron chi connectivity index (χ4n) is 1.09. The van der Waals surface area contributed by atoms with Crippen molar-refractivity contribution in [3.8, 4) is 0 Å². The number of carbonyl (C=O) groups is 1. The minimum Gasteiger partial charge on any atom is -0.298 e. The van der Waals surface area contributed by atoms with Crippen molar-refractivity contribution in [3.05, 3.63) is 47.1 Å². The zero-order chi connectivity index (χ0) is 10.7. The fraction of sp³-hybridized carbons (Fsp3) is 0. The van der Waals surface area contributed by atoms with E-state index >= 15 is 0 Å². The normalized spacial score (nSPS) is 10.2.